The molecule has 0 spiro atoms. The summed E-state index contributed by atoms with van der Waals surface area (Å²) in [5, 5.41) is 6.14. The Morgan fingerprint density at radius 1 is 1.33 bits per heavy atom. The highest BCUT2D eigenvalue weighted by Crippen LogP contribution is 2.17. The molecule has 1 fully saturated rings. The van der Waals surface area contributed by atoms with Crippen LogP contribution < -0.4 is 10.6 Å². The molecule has 1 amide bonds. The van der Waals surface area contributed by atoms with E-state index in [0.29, 0.717) is 12.4 Å². The number of rotatable bonds is 4. The average molecular weight is 285 g/mol. The van der Waals surface area contributed by atoms with Gasteiger partial charge in [0.1, 0.15) is 6.26 Å². The quantitative estimate of drug-likeness (QED) is 0.902. The number of amides is 1. The molecule has 3 rings (SSSR count). The summed E-state index contributed by atoms with van der Waals surface area (Å²) in [5.74, 6) is 0.620. The number of benzene rings is 1. The largest absolute Gasteiger partial charge is 0.444 e. The van der Waals surface area contributed by atoms with Crippen molar-refractivity contribution in [3.8, 4) is 11.5 Å². The first-order chi connectivity index (χ1) is 10.3. The van der Waals surface area contributed by atoms with Crippen LogP contribution in [0, 0.1) is 0 Å². The Kier molecular flexibility index (Phi) is 4.31. The van der Waals surface area contributed by atoms with Gasteiger partial charge in [-0.05, 0) is 31.5 Å². The number of carbonyl (C=O) groups is 1. The third-order valence-electron chi connectivity index (χ3n) is 3.64. The predicted molar refractivity (Wildman–Crippen MR) is 79.4 cm³/mol. The number of aromatic nitrogens is 1. The van der Waals surface area contributed by atoms with E-state index in [1.54, 1.807) is 6.26 Å². The Morgan fingerprint density at radius 2 is 2.19 bits per heavy atom. The molecule has 5 nitrogen and oxygen atoms in total. The molecule has 21 heavy (non-hydrogen) atoms. The molecule has 2 N–H and O–H groups in total. The lowest BCUT2D eigenvalue weighted by Crippen LogP contribution is -2.46. The van der Waals surface area contributed by atoms with Crippen molar-refractivity contribution < 1.29 is 9.21 Å². The van der Waals surface area contributed by atoms with Crippen LogP contribution in [0.2, 0.25) is 0 Å². The molecule has 110 valence electrons. The summed E-state index contributed by atoms with van der Waals surface area (Å²) in [6, 6.07) is 9.65. The Balaban J connectivity index is 1.56. The first-order valence-electron chi connectivity index (χ1n) is 7.34. The first kappa shape index (κ1) is 13.8. The van der Waals surface area contributed by atoms with Crippen LogP contribution in [0.15, 0.2) is 41.0 Å². The van der Waals surface area contributed by atoms with Crippen molar-refractivity contribution in [1.82, 2.24) is 15.6 Å². The van der Waals surface area contributed by atoms with Crippen molar-refractivity contribution in [1.29, 1.82) is 0 Å². The highest BCUT2D eigenvalue weighted by atomic mass is 16.3. The van der Waals surface area contributed by atoms with Crippen LogP contribution in [-0.4, -0.2) is 23.5 Å². The summed E-state index contributed by atoms with van der Waals surface area (Å²) in [4.78, 5) is 16.4. The minimum Gasteiger partial charge on any atom is -0.444 e. The van der Waals surface area contributed by atoms with Crippen LogP contribution in [0.25, 0.3) is 11.5 Å². The highest BCUT2D eigenvalue weighted by molar-refractivity contribution is 5.81. The van der Waals surface area contributed by atoms with Gasteiger partial charge in [0.15, 0.2) is 0 Å². The van der Waals surface area contributed by atoms with Crippen molar-refractivity contribution in [2.45, 2.75) is 31.8 Å². The Hall–Kier alpha value is -2.14. The zero-order valence-corrected chi connectivity index (χ0v) is 11.8. The summed E-state index contributed by atoms with van der Waals surface area (Å²) in [7, 11) is 0. The molecular formula is C16H19N3O2. The van der Waals surface area contributed by atoms with E-state index in [9.17, 15) is 4.79 Å². The van der Waals surface area contributed by atoms with E-state index >= 15 is 0 Å². The van der Waals surface area contributed by atoms with E-state index < -0.39 is 0 Å². The van der Waals surface area contributed by atoms with Gasteiger partial charge in [0.2, 0.25) is 11.8 Å². The fraction of sp³-hybridized carbons (Fsp3) is 0.375. The van der Waals surface area contributed by atoms with Gasteiger partial charge in [0, 0.05) is 5.56 Å². The second-order valence-electron chi connectivity index (χ2n) is 5.23. The van der Waals surface area contributed by atoms with Gasteiger partial charge in [-0.15, -0.1) is 0 Å². The van der Waals surface area contributed by atoms with Crippen molar-refractivity contribution in [2.75, 3.05) is 6.54 Å². The number of nitrogens with one attached hydrogen (secondary N) is 2. The zero-order chi connectivity index (χ0) is 14.5. The molecule has 0 aliphatic carbocycles. The number of oxazole rings is 1. The van der Waals surface area contributed by atoms with Gasteiger partial charge in [0.25, 0.3) is 0 Å². The molecule has 0 bridgehead atoms. The molecule has 1 unspecified atom stereocenters. The SMILES string of the molecule is O=C(NCc1coc(-c2ccccc2)n1)C1CCCCN1. The highest BCUT2D eigenvalue weighted by Gasteiger charge is 2.20. The lowest BCUT2D eigenvalue weighted by molar-refractivity contribution is -0.123. The van der Waals surface area contributed by atoms with Crippen LogP contribution >= 0.6 is 0 Å². The zero-order valence-electron chi connectivity index (χ0n) is 11.8. The summed E-state index contributed by atoms with van der Waals surface area (Å²) in [6.45, 7) is 1.31. The predicted octanol–water partition coefficient (Wildman–Crippen LogP) is 2.10. The Bertz CT molecular complexity index is 589. The summed E-state index contributed by atoms with van der Waals surface area (Å²) < 4.78 is 5.45. The standard InChI is InChI=1S/C16H19N3O2/c20-15(14-8-4-5-9-17-14)18-10-13-11-21-16(19-13)12-6-2-1-3-7-12/h1-3,6-7,11,14,17H,4-5,8-10H2,(H,18,20). The van der Waals surface area contributed by atoms with Crippen LogP contribution in [0.4, 0.5) is 0 Å². The maximum atomic E-state index is 12.0. The molecule has 2 aromatic rings. The van der Waals surface area contributed by atoms with Gasteiger partial charge >= 0.3 is 0 Å². The normalized spacial score (nSPS) is 18.4. The Labute approximate surface area is 123 Å². The number of hydrogen-bond acceptors (Lipinski definition) is 4. The molecule has 1 aliphatic rings. The number of nitrogens with zero attached hydrogens (tertiary/aromatic N) is 1. The van der Waals surface area contributed by atoms with E-state index in [-0.39, 0.29) is 11.9 Å². The number of carbonyl (C=O) groups excluding carboxylic acids is 1. The van der Waals surface area contributed by atoms with Crippen molar-refractivity contribution >= 4 is 5.91 Å². The third-order valence-corrected chi connectivity index (χ3v) is 3.64. The number of hydrogen-bond donors (Lipinski definition) is 2. The molecule has 1 aromatic heterocycles. The van der Waals surface area contributed by atoms with Crippen LogP contribution in [0.5, 0.6) is 0 Å². The molecule has 0 saturated carbocycles. The fourth-order valence-corrected chi connectivity index (χ4v) is 2.48. The fourth-order valence-electron chi connectivity index (χ4n) is 2.48. The van der Waals surface area contributed by atoms with Gasteiger partial charge in [-0.1, -0.05) is 24.6 Å². The van der Waals surface area contributed by atoms with E-state index in [1.807, 2.05) is 30.3 Å². The third kappa shape index (κ3) is 3.49. The second-order valence-corrected chi connectivity index (χ2v) is 5.23. The number of piperidine rings is 1. The second kappa shape index (κ2) is 6.54. The minimum absolute atomic E-state index is 0.0407. The molecule has 5 heteroatoms. The summed E-state index contributed by atoms with van der Waals surface area (Å²) in [5.41, 5.74) is 1.67. The molecule has 1 atom stereocenters. The van der Waals surface area contributed by atoms with Crippen LogP contribution in [0.1, 0.15) is 25.0 Å². The van der Waals surface area contributed by atoms with Crippen molar-refractivity contribution in [3.63, 3.8) is 0 Å². The monoisotopic (exact) mass is 285 g/mol. The first-order valence-corrected chi connectivity index (χ1v) is 7.34. The van der Waals surface area contributed by atoms with Gasteiger partial charge in [0.05, 0.1) is 18.3 Å². The molecule has 1 aromatic carbocycles. The summed E-state index contributed by atoms with van der Waals surface area (Å²) in [6.07, 6.45) is 4.75. The van der Waals surface area contributed by atoms with Gasteiger partial charge in [-0.3, -0.25) is 4.79 Å². The van der Waals surface area contributed by atoms with Crippen LogP contribution in [-0.2, 0) is 11.3 Å². The molecule has 0 radical (unpaired) electrons. The van der Waals surface area contributed by atoms with Gasteiger partial charge < -0.3 is 15.1 Å². The average Bonchev–Trinajstić information content (AvgIpc) is 3.03. The van der Waals surface area contributed by atoms with E-state index in [0.717, 1.165) is 37.1 Å². The van der Waals surface area contributed by atoms with Crippen molar-refractivity contribution in [3.05, 3.63) is 42.3 Å². The smallest absolute Gasteiger partial charge is 0.237 e. The van der Waals surface area contributed by atoms with Gasteiger partial charge in [-0.2, -0.15) is 0 Å². The van der Waals surface area contributed by atoms with Crippen molar-refractivity contribution in [2.24, 2.45) is 0 Å². The molecule has 1 aliphatic heterocycles. The van der Waals surface area contributed by atoms with Gasteiger partial charge in [-0.25, -0.2) is 4.98 Å². The minimum atomic E-state index is -0.0701. The maximum absolute atomic E-state index is 12.0. The molecule has 2 heterocycles. The maximum Gasteiger partial charge on any atom is 0.237 e. The van der Waals surface area contributed by atoms with E-state index in [2.05, 4.69) is 15.6 Å². The molecular weight excluding hydrogens is 266 g/mol. The Morgan fingerprint density at radius 3 is 2.95 bits per heavy atom. The van der Waals surface area contributed by atoms with E-state index in [4.69, 9.17) is 4.42 Å². The molecule has 1 saturated heterocycles. The lowest BCUT2D eigenvalue weighted by Gasteiger charge is -2.22. The lowest BCUT2D eigenvalue weighted by atomic mass is 10.0. The topological polar surface area (TPSA) is 67.2 Å². The van der Waals surface area contributed by atoms with Crippen LogP contribution in [0.3, 0.4) is 0 Å². The van der Waals surface area contributed by atoms with E-state index in [1.165, 1.54) is 0 Å². The summed E-state index contributed by atoms with van der Waals surface area (Å²) >= 11 is 0.